The van der Waals surface area contributed by atoms with E-state index < -0.39 is 0 Å². The highest BCUT2D eigenvalue weighted by Crippen LogP contribution is 2.21. The number of aromatic nitrogens is 4. The number of aryl methyl sites for hydroxylation is 1. The van der Waals surface area contributed by atoms with E-state index in [9.17, 15) is 0 Å². The third-order valence-electron chi connectivity index (χ3n) is 3.36. The molecular weight excluding hydrogens is 260 g/mol. The van der Waals surface area contributed by atoms with Crippen LogP contribution in [-0.4, -0.2) is 57.4 Å². The molecule has 0 N–H and O–H groups in total. The van der Waals surface area contributed by atoms with Crippen LogP contribution in [0.1, 0.15) is 5.69 Å². The number of rotatable bonds is 4. The Labute approximate surface area is 116 Å². The number of anilines is 1. The molecule has 1 saturated heterocycles. The van der Waals surface area contributed by atoms with Crippen LogP contribution in [0.4, 0.5) is 5.13 Å². The van der Waals surface area contributed by atoms with Crippen molar-refractivity contribution in [2.24, 2.45) is 0 Å². The maximum absolute atomic E-state index is 4.55. The smallest absolute Gasteiger partial charge is 0.185 e. The van der Waals surface area contributed by atoms with E-state index in [0.717, 1.165) is 50.1 Å². The van der Waals surface area contributed by atoms with Gasteiger partial charge in [-0.05, 0) is 6.92 Å². The van der Waals surface area contributed by atoms with Crippen molar-refractivity contribution >= 4 is 16.5 Å². The minimum atomic E-state index is 0.913. The Morgan fingerprint density at radius 3 is 2.68 bits per heavy atom. The second-order valence-corrected chi connectivity index (χ2v) is 5.60. The summed E-state index contributed by atoms with van der Waals surface area (Å²) in [6, 6.07) is 0. The van der Waals surface area contributed by atoms with Crippen LogP contribution in [0.25, 0.3) is 0 Å². The van der Waals surface area contributed by atoms with Crippen molar-refractivity contribution in [2.45, 2.75) is 13.5 Å². The largest absolute Gasteiger partial charge is 0.346 e. The van der Waals surface area contributed by atoms with Crippen LogP contribution >= 0.6 is 11.3 Å². The normalized spacial score (nSPS) is 17.0. The first-order chi connectivity index (χ1) is 9.31. The molecule has 3 heterocycles. The van der Waals surface area contributed by atoms with Gasteiger partial charge >= 0.3 is 0 Å². The van der Waals surface area contributed by atoms with Crippen LogP contribution < -0.4 is 4.90 Å². The lowest BCUT2D eigenvalue weighted by atomic mass is 10.3. The summed E-state index contributed by atoms with van der Waals surface area (Å²) in [6.45, 7) is 8.30. The predicted molar refractivity (Wildman–Crippen MR) is 75.5 cm³/mol. The highest BCUT2D eigenvalue weighted by Gasteiger charge is 2.18. The van der Waals surface area contributed by atoms with E-state index in [4.69, 9.17) is 0 Å². The van der Waals surface area contributed by atoms with Gasteiger partial charge in [-0.1, -0.05) is 0 Å². The summed E-state index contributed by atoms with van der Waals surface area (Å²) in [4.78, 5) is 13.4. The summed E-state index contributed by atoms with van der Waals surface area (Å²) in [6.07, 6.45) is 3.36. The molecule has 0 bridgehead atoms. The van der Waals surface area contributed by atoms with Crippen LogP contribution in [0.15, 0.2) is 18.0 Å². The molecule has 0 aromatic carbocycles. The number of hydrogen-bond acceptors (Lipinski definition) is 6. The van der Waals surface area contributed by atoms with E-state index in [1.165, 1.54) is 0 Å². The van der Waals surface area contributed by atoms with Crippen LogP contribution in [0.2, 0.25) is 0 Å². The Morgan fingerprint density at radius 2 is 2.05 bits per heavy atom. The topological polar surface area (TPSA) is 50.1 Å². The van der Waals surface area contributed by atoms with Gasteiger partial charge in [-0.3, -0.25) is 9.58 Å². The zero-order chi connectivity index (χ0) is 13.1. The number of hydrogen-bond donors (Lipinski definition) is 0. The molecule has 1 aliphatic heterocycles. The summed E-state index contributed by atoms with van der Waals surface area (Å²) in [5.74, 6) is 0. The van der Waals surface area contributed by atoms with Crippen molar-refractivity contribution in [2.75, 3.05) is 37.6 Å². The molecule has 102 valence electrons. The molecule has 19 heavy (non-hydrogen) atoms. The van der Waals surface area contributed by atoms with Gasteiger partial charge in [0.05, 0.1) is 12.2 Å². The minimum absolute atomic E-state index is 0.913. The Hall–Kier alpha value is -1.47. The Morgan fingerprint density at radius 1 is 1.21 bits per heavy atom. The van der Waals surface area contributed by atoms with Crippen molar-refractivity contribution in [1.29, 1.82) is 0 Å². The molecule has 2 aromatic rings. The van der Waals surface area contributed by atoms with Crippen molar-refractivity contribution in [3.8, 4) is 0 Å². The first-order valence-electron chi connectivity index (χ1n) is 6.53. The van der Waals surface area contributed by atoms with E-state index in [1.807, 2.05) is 11.6 Å². The molecule has 6 nitrogen and oxygen atoms in total. The molecule has 7 heteroatoms. The van der Waals surface area contributed by atoms with Gasteiger partial charge in [0.15, 0.2) is 5.13 Å². The summed E-state index contributed by atoms with van der Waals surface area (Å²) in [7, 11) is 0. The molecule has 0 spiro atoms. The molecule has 0 saturated carbocycles. The second-order valence-electron chi connectivity index (χ2n) is 4.76. The molecule has 0 unspecified atom stereocenters. The molecule has 0 amide bonds. The lowest BCUT2D eigenvalue weighted by molar-refractivity contribution is 0.244. The van der Waals surface area contributed by atoms with E-state index in [-0.39, 0.29) is 0 Å². The van der Waals surface area contributed by atoms with Gasteiger partial charge in [0.25, 0.3) is 0 Å². The standard InChI is InChI=1S/C12H18N6S/c1-11-8-19-12(15-11)17-5-2-16(3-6-17)4-7-18-10-13-9-14-18/h8-10H,2-7H2,1H3. The van der Waals surface area contributed by atoms with Crippen molar-refractivity contribution in [3.63, 3.8) is 0 Å². The Balaban J connectivity index is 1.47. The van der Waals surface area contributed by atoms with E-state index >= 15 is 0 Å². The van der Waals surface area contributed by atoms with E-state index in [0.29, 0.717) is 0 Å². The van der Waals surface area contributed by atoms with Crippen molar-refractivity contribution < 1.29 is 0 Å². The molecule has 1 aliphatic rings. The Kier molecular flexibility index (Phi) is 3.74. The van der Waals surface area contributed by atoms with Crippen molar-refractivity contribution in [1.82, 2.24) is 24.6 Å². The maximum Gasteiger partial charge on any atom is 0.185 e. The van der Waals surface area contributed by atoms with Gasteiger partial charge in [-0.25, -0.2) is 9.97 Å². The van der Waals surface area contributed by atoms with Gasteiger partial charge in [-0.2, -0.15) is 5.10 Å². The molecule has 3 rings (SSSR count). The third-order valence-corrected chi connectivity index (χ3v) is 4.38. The molecule has 0 radical (unpaired) electrons. The fourth-order valence-electron chi connectivity index (χ4n) is 2.24. The lowest BCUT2D eigenvalue weighted by Gasteiger charge is -2.34. The number of piperazine rings is 1. The minimum Gasteiger partial charge on any atom is -0.346 e. The van der Waals surface area contributed by atoms with Crippen molar-refractivity contribution in [3.05, 3.63) is 23.7 Å². The van der Waals surface area contributed by atoms with Crippen LogP contribution in [0, 0.1) is 6.92 Å². The third kappa shape index (κ3) is 3.10. The van der Waals surface area contributed by atoms with Gasteiger partial charge in [0.2, 0.25) is 0 Å². The first kappa shape index (κ1) is 12.6. The van der Waals surface area contributed by atoms with E-state index in [1.54, 1.807) is 24.0 Å². The summed E-state index contributed by atoms with van der Waals surface area (Å²) in [5.41, 5.74) is 1.12. The van der Waals surface area contributed by atoms with Crippen LogP contribution in [0.5, 0.6) is 0 Å². The average molecular weight is 278 g/mol. The SMILES string of the molecule is Cc1csc(N2CCN(CCn3cncn3)CC2)n1. The van der Waals surface area contributed by atoms with Crippen LogP contribution in [-0.2, 0) is 6.54 Å². The van der Waals surface area contributed by atoms with Gasteiger partial charge in [-0.15, -0.1) is 11.3 Å². The Bertz CT molecular complexity index is 500. The predicted octanol–water partition coefficient (Wildman–Crippen LogP) is 0.865. The molecular formula is C12H18N6S. The monoisotopic (exact) mass is 278 g/mol. The molecule has 1 fully saturated rings. The second kappa shape index (κ2) is 5.66. The highest BCUT2D eigenvalue weighted by atomic mass is 32.1. The number of nitrogens with zero attached hydrogens (tertiary/aromatic N) is 6. The number of thiazole rings is 1. The van der Waals surface area contributed by atoms with Gasteiger partial charge < -0.3 is 4.90 Å². The first-order valence-corrected chi connectivity index (χ1v) is 7.41. The zero-order valence-electron chi connectivity index (χ0n) is 11.1. The average Bonchev–Trinajstić information content (AvgIpc) is 3.08. The maximum atomic E-state index is 4.55. The molecule has 0 atom stereocenters. The fraction of sp³-hybridized carbons (Fsp3) is 0.583. The summed E-state index contributed by atoms with van der Waals surface area (Å²) in [5, 5.41) is 7.40. The lowest BCUT2D eigenvalue weighted by Crippen LogP contribution is -2.47. The van der Waals surface area contributed by atoms with E-state index in [2.05, 4.69) is 30.2 Å². The van der Waals surface area contributed by atoms with Gasteiger partial charge in [0, 0.05) is 38.1 Å². The molecule has 2 aromatic heterocycles. The summed E-state index contributed by atoms with van der Waals surface area (Å²) < 4.78 is 1.89. The fourth-order valence-corrected chi connectivity index (χ4v) is 3.10. The highest BCUT2D eigenvalue weighted by molar-refractivity contribution is 7.13. The molecule has 0 aliphatic carbocycles. The zero-order valence-corrected chi connectivity index (χ0v) is 11.9. The quantitative estimate of drug-likeness (QED) is 0.830. The van der Waals surface area contributed by atoms with Gasteiger partial charge in [0.1, 0.15) is 12.7 Å². The van der Waals surface area contributed by atoms with Crippen LogP contribution in [0.3, 0.4) is 0 Å². The summed E-state index contributed by atoms with van der Waals surface area (Å²) >= 11 is 1.74.